The van der Waals surface area contributed by atoms with Gasteiger partial charge in [-0.15, -0.1) is 4.76 Å². The van der Waals surface area contributed by atoms with Gasteiger partial charge < -0.3 is 19.3 Å². The van der Waals surface area contributed by atoms with Gasteiger partial charge in [0.1, 0.15) is 0 Å². The minimum Gasteiger partial charge on any atom is -0.378 e. The number of rotatable bonds is 3. The van der Waals surface area contributed by atoms with Crippen LogP contribution in [0.1, 0.15) is 41.5 Å². The summed E-state index contributed by atoms with van der Waals surface area (Å²) >= 11 is 0. The largest absolute Gasteiger partial charge is 0.458 e. The monoisotopic (exact) mass is 391 g/mol. The first kappa shape index (κ1) is 21.6. The maximum Gasteiger partial charge on any atom is 0.458 e. The number of morpholine rings is 2. The van der Waals surface area contributed by atoms with Crippen LogP contribution in [-0.4, -0.2) is 79.6 Å². The van der Waals surface area contributed by atoms with E-state index < -0.39 is 18.9 Å². The fourth-order valence-electron chi connectivity index (χ4n) is 2.71. The molecule has 2 fully saturated rings. The van der Waals surface area contributed by atoms with Crippen LogP contribution in [0.25, 0.3) is 0 Å². The Morgan fingerprint density at radius 1 is 0.808 bits per heavy atom. The molecule has 0 aromatic carbocycles. The van der Waals surface area contributed by atoms with Gasteiger partial charge in [0.2, 0.25) is 5.96 Å². The first-order valence-corrected chi connectivity index (χ1v) is 10.7. The van der Waals surface area contributed by atoms with Crippen molar-refractivity contribution in [3.05, 3.63) is 0 Å². The van der Waals surface area contributed by atoms with Crippen LogP contribution in [0.2, 0.25) is 0 Å². The molecule has 0 radical (unpaired) electrons. The standard InChI is InChI=1S/C17H34N3O5P/c1-16(2,3)24-26(21,25-17(4,5)6)18-15(19-7-11-22-12-8-19)20-9-13-23-14-10-20/h7-14H2,1-6H3. The molecule has 9 heteroatoms. The number of hydrogen-bond acceptors (Lipinski definition) is 5. The molecule has 8 nitrogen and oxygen atoms in total. The van der Waals surface area contributed by atoms with Gasteiger partial charge in [-0.1, -0.05) is 0 Å². The summed E-state index contributed by atoms with van der Waals surface area (Å²) in [5.41, 5.74) is -1.29. The molecule has 2 saturated heterocycles. The molecule has 0 N–H and O–H groups in total. The van der Waals surface area contributed by atoms with E-state index in [9.17, 15) is 4.57 Å². The summed E-state index contributed by atoms with van der Waals surface area (Å²) in [6.07, 6.45) is 0. The van der Waals surface area contributed by atoms with E-state index in [2.05, 4.69) is 14.6 Å². The van der Waals surface area contributed by atoms with Crippen LogP contribution < -0.4 is 0 Å². The van der Waals surface area contributed by atoms with Crippen molar-refractivity contribution in [1.29, 1.82) is 0 Å². The normalized spacial score (nSPS) is 20.2. The molecular formula is C17H34N3O5P. The zero-order valence-corrected chi connectivity index (χ0v) is 17.9. The Bertz CT molecular complexity index is 489. The molecule has 0 amide bonds. The SMILES string of the molecule is CC(C)(C)OP(=O)(N=C(N1CCOCC1)N1CCOCC1)OC(C)(C)C. The Hall–Kier alpha value is -0.660. The number of nitrogens with zero attached hydrogens (tertiary/aromatic N) is 3. The van der Waals surface area contributed by atoms with Crippen molar-refractivity contribution in [2.75, 3.05) is 52.6 Å². The van der Waals surface area contributed by atoms with E-state index in [0.29, 0.717) is 58.6 Å². The van der Waals surface area contributed by atoms with Crippen LogP contribution in [0, 0.1) is 0 Å². The number of ether oxygens (including phenoxy) is 2. The molecule has 0 aliphatic carbocycles. The molecule has 0 aromatic heterocycles. The minimum atomic E-state index is -3.73. The highest BCUT2D eigenvalue weighted by Gasteiger charge is 2.38. The summed E-state index contributed by atoms with van der Waals surface area (Å²) in [6.45, 7) is 16.4. The van der Waals surface area contributed by atoms with E-state index in [0.717, 1.165) is 0 Å². The molecule has 0 spiro atoms. The molecule has 2 heterocycles. The molecule has 26 heavy (non-hydrogen) atoms. The lowest BCUT2D eigenvalue weighted by Crippen LogP contribution is -2.52. The average Bonchev–Trinajstić information content (AvgIpc) is 2.51. The zero-order chi connectivity index (χ0) is 19.4. The van der Waals surface area contributed by atoms with Crippen molar-refractivity contribution in [2.45, 2.75) is 52.7 Å². The summed E-state index contributed by atoms with van der Waals surface area (Å²) in [5.74, 6) is 0.647. The number of guanidine groups is 1. The molecule has 0 atom stereocenters. The van der Waals surface area contributed by atoms with E-state index in [1.807, 2.05) is 41.5 Å². The van der Waals surface area contributed by atoms with E-state index in [1.54, 1.807) is 0 Å². The van der Waals surface area contributed by atoms with Crippen molar-refractivity contribution in [3.8, 4) is 0 Å². The lowest BCUT2D eigenvalue weighted by Gasteiger charge is -2.39. The van der Waals surface area contributed by atoms with Gasteiger partial charge in [-0.2, -0.15) is 0 Å². The predicted molar refractivity (Wildman–Crippen MR) is 102 cm³/mol. The summed E-state index contributed by atoms with van der Waals surface area (Å²) in [6, 6.07) is 0. The lowest BCUT2D eigenvalue weighted by molar-refractivity contribution is 0.0383. The Morgan fingerprint density at radius 2 is 1.15 bits per heavy atom. The molecule has 0 aromatic rings. The van der Waals surface area contributed by atoms with Crippen LogP contribution in [-0.2, 0) is 23.1 Å². The quantitative estimate of drug-likeness (QED) is 0.416. The second kappa shape index (κ2) is 8.57. The fourth-order valence-corrected chi connectivity index (χ4v) is 4.69. The van der Waals surface area contributed by atoms with Crippen LogP contribution in [0.15, 0.2) is 4.76 Å². The van der Waals surface area contributed by atoms with Crippen molar-refractivity contribution in [2.24, 2.45) is 4.76 Å². The highest BCUT2D eigenvalue weighted by Crippen LogP contribution is 2.56. The van der Waals surface area contributed by atoms with Gasteiger partial charge in [-0.25, -0.2) is 4.57 Å². The number of hydrogen-bond donors (Lipinski definition) is 0. The molecule has 0 unspecified atom stereocenters. The third-order valence-corrected chi connectivity index (χ3v) is 5.56. The van der Waals surface area contributed by atoms with E-state index in [4.69, 9.17) is 18.5 Å². The molecule has 2 aliphatic heterocycles. The Morgan fingerprint density at radius 3 is 1.46 bits per heavy atom. The maximum atomic E-state index is 13.6. The van der Waals surface area contributed by atoms with E-state index in [-0.39, 0.29) is 0 Å². The lowest BCUT2D eigenvalue weighted by atomic mass is 10.2. The second-order valence-corrected chi connectivity index (χ2v) is 9.98. The topological polar surface area (TPSA) is 72.8 Å². The first-order chi connectivity index (χ1) is 12.0. The zero-order valence-electron chi connectivity index (χ0n) is 17.0. The van der Waals surface area contributed by atoms with Crippen LogP contribution in [0.4, 0.5) is 0 Å². The smallest absolute Gasteiger partial charge is 0.378 e. The average molecular weight is 391 g/mol. The summed E-state index contributed by atoms with van der Waals surface area (Å²) in [4.78, 5) is 4.19. The van der Waals surface area contributed by atoms with Crippen LogP contribution in [0.5, 0.6) is 0 Å². The molecule has 2 rings (SSSR count). The first-order valence-electron chi connectivity index (χ1n) is 9.25. The Balaban J connectivity index is 2.37. The fraction of sp³-hybridized carbons (Fsp3) is 0.941. The van der Waals surface area contributed by atoms with E-state index in [1.165, 1.54) is 0 Å². The summed E-state index contributed by atoms with van der Waals surface area (Å²) in [7, 11) is -3.73. The third-order valence-electron chi connectivity index (χ3n) is 3.58. The van der Waals surface area contributed by atoms with Gasteiger partial charge in [0, 0.05) is 26.2 Å². The van der Waals surface area contributed by atoms with Gasteiger partial charge in [0.15, 0.2) is 0 Å². The van der Waals surface area contributed by atoms with Gasteiger partial charge in [-0.3, -0.25) is 9.05 Å². The Labute approximate surface area is 157 Å². The van der Waals surface area contributed by atoms with Gasteiger partial charge in [0.05, 0.1) is 37.6 Å². The van der Waals surface area contributed by atoms with Crippen molar-refractivity contribution in [1.82, 2.24) is 9.80 Å². The summed E-state index contributed by atoms with van der Waals surface area (Å²) < 4.78 is 40.8. The van der Waals surface area contributed by atoms with Gasteiger partial charge in [-0.05, 0) is 41.5 Å². The van der Waals surface area contributed by atoms with Crippen LogP contribution >= 0.6 is 7.75 Å². The Kier molecular flexibility index (Phi) is 7.13. The summed E-state index contributed by atoms with van der Waals surface area (Å²) in [5, 5.41) is 0. The predicted octanol–water partition coefficient (Wildman–Crippen LogP) is 2.75. The second-order valence-electron chi connectivity index (χ2n) is 8.47. The van der Waals surface area contributed by atoms with Gasteiger partial charge >= 0.3 is 7.75 Å². The van der Waals surface area contributed by atoms with Crippen molar-refractivity contribution in [3.63, 3.8) is 0 Å². The highest BCUT2D eigenvalue weighted by atomic mass is 31.2. The molecular weight excluding hydrogens is 357 g/mol. The molecule has 152 valence electrons. The molecule has 2 aliphatic rings. The maximum absolute atomic E-state index is 13.6. The van der Waals surface area contributed by atoms with Crippen molar-refractivity contribution >= 4 is 13.7 Å². The molecule has 0 bridgehead atoms. The third kappa shape index (κ3) is 7.16. The molecule has 0 saturated carbocycles. The highest BCUT2D eigenvalue weighted by molar-refractivity contribution is 7.52. The minimum absolute atomic E-state index is 0.619. The van der Waals surface area contributed by atoms with E-state index >= 15 is 0 Å². The van der Waals surface area contributed by atoms with Gasteiger partial charge in [0.25, 0.3) is 0 Å². The van der Waals surface area contributed by atoms with Crippen LogP contribution in [0.3, 0.4) is 0 Å². The van der Waals surface area contributed by atoms with Crippen molar-refractivity contribution < 1.29 is 23.1 Å².